The van der Waals surface area contributed by atoms with Crippen LogP contribution in [0.25, 0.3) is 0 Å². The molecule has 0 bridgehead atoms. The topological polar surface area (TPSA) is 66.5 Å². The molecule has 152 valence electrons. The Morgan fingerprint density at radius 3 is 2.21 bits per heavy atom. The smallest absolute Gasteiger partial charge is 0.244 e. The molecule has 0 spiro atoms. The molecule has 1 amide bonds. The van der Waals surface area contributed by atoms with Gasteiger partial charge in [-0.25, -0.2) is 8.42 Å². The Hall–Kier alpha value is -1.76. The first-order valence-corrected chi connectivity index (χ1v) is 11.3. The standard InChI is InChI=1S/C20H24Cl2N2O3S/c1-12-6-8-17(13(2)10-12)14(3)23-20(25)15(4)24(28(5,26)27)16-7-9-18(21)19(22)11-16/h6-11,14-15H,1-5H3,(H,23,25)/t14-,15-/m1/s1. The summed E-state index contributed by atoms with van der Waals surface area (Å²) in [5.41, 5.74) is 3.45. The van der Waals surface area contributed by atoms with E-state index in [4.69, 9.17) is 23.2 Å². The third kappa shape index (κ3) is 5.19. The van der Waals surface area contributed by atoms with Crippen LogP contribution >= 0.6 is 23.2 Å². The number of carbonyl (C=O) groups is 1. The minimum absolute atomic E-state index is 0.212. The highest BCUT2D eigenvalue weighted by atomic mass is 35.5. The van der Waals surface area contributed by atoms with Gasteiger partial charge in [0.1, 0.15) is 6.04 Å². The maximum Gasteiger partial charge on any atom is 0.244 e. The number of sulfonamides is 1. The molecule has 2 rings (SSSR count). The summed E-state index contributed by atoms with van der Waals surface area (Å²) >= 11 is 12.0. The van der Waals surface area contributed by atoms with Gasteiger partial charge in [0.15, 0.2) is 0 Å². The van der Waals surface area contributed by atoms with Crippen LogP contribution < -0.4 is 9.62 Å². The molecule has 0 fully saturated rings. The number of hydrogen-bond donors (Lipinski definition) is 1. The third-order valence-corrected chi connectivity index (χ3v) is 6.48. The van der Waals surface area contributed by atoms with E-state index in [0.717, 1.165) is 27.3 Å². The van der Waals surface area contributed by atoms with Gasteiger partial charge in [0, 0.05) is 0 Å². The molecule has 0 saturated carbocycles. The predicted octanol–water partition coefficient (Wildman–Crippen LogP) is 4.64. The quantitative estimate of drug-likeness (QED) is 0.707. The molecule has 2 aromatic rings. The van der Waals surface area contributed by atoms with Crippen LogP contribution in [0.1, 0.15) is 36.6 Å². The van der Waals surface area contributed by atoms with E-state index in [1.165, 1.54) is 25.1 Å². The SMILES string of the molecule is Cc1ccc([C@@H](C)NC(=O)[C@@H](C)N(c2ccc(Cl)c(Cl)c2)S(C)(=O)=O)c(C)c1. The van der Waals surface area contributed by atoms with Crippen LogP contribution in [0, 0.1) is 13.8 Å². The minimum atomic E-state index is -3.74. The van der Waals surface area contributed by atoms with Crippen molar-refractivity contribution in [3.63, 3.8) is 0 Å². The van der Waals surface area contributed by atoms with Crippen molar-refractivity contribution in [3.8, 4) is 0 Å². The van der Waals surface area contributed by atoms with E-state index in [0.29, 0.717) is 5.02 Å². The van der Waals surface area contributed by atoms with Crippen molar-refractivity contribution in [2.24, 2.45) is 0 Å². The third-order valence-electron chi connectivity index (χ3n) is 4.50. The molecule has 8 heteroatoms. The molecule has 0 aliphatic rings. The molecular weight excluding hydrogens is 419 g/mol. The Morgan fingerprint density at radius 1 is 1.04 bits per heavy atom. The number of anilines is 1. The fraction of sp³-hybridized carbons (Fsp3) is 0.350. The maximum absolute atomic E-state index is 12.8. The van der Waals surface area contributed by atoms with Gasteiger partial charge in [0.2, 0.25) is 15.9 Å². The van der Waals surface area contributed by atoms with Gasteiger partial charge in [-0.1, -0.05) is 47.0 Å². The monoisotopic (exact) mass is 442 g/mol. The second kappa shape index (κ2) is 8.72. The largest absolute Gasteiger partial charge is 0.348 e. The highest BCUT2D eigenvalue weighted by Crippen LogP contribution is 2.30. The molecule has 0 aromatic heterocycles. The Balaban J connectivity index is 2.29. The molecule has 5 nitrogen and oxygen atoms in total. The van der Waals surface area contributed by atoms with Gasteiger partial charge >= 0.3 is 0 Å². The van der Waals surface area contributed by atoms with Crippen molar-refractivity contribution in [3.05, 3.63) is 63.1 Å². The Labute approximate surface area is 176 Å². The number of benzene rings is 2. The average Bonchev–Trinajstić information content (AvgIpc) is 2.56. The van der Waals surface area contributed by atoms with Crippen molar-refractivity contribution in [2.45, 2.75) is 39.8 Å². The molecule has 0 unspecified atom stereocenters. The lowest BCUT2D eigenvalue weighted by molar-refractivity contribution is -0.122. The van der Waals surface area contributed by atoms with E-state index in [1.807, 2.05) is 39.0 Å². The highest BCUT2D eigenvalue weighted by Gasteiger charge is 2.30. The molecule has 0 saturated heterocycles. The van der Waals surface area contributed by atoms with E-state index >= 15 is 0 Å². The molecule has 0 heterocycles. The van der Waals surface area contributed by atoms with E-state index in [1.54, 1.807) is 0 Å². The fourth-order valence-corrected chi connectivity index (χ4v) is 4.61. The van der Waals surface area contributed by atoms with E-state index in [2.05, 4.69) is 5.32 Å². The van der Waals surface area contributed by atoms with E-state index < -0.39 is 22.0 Å². The number of rotatable bonds is 6. The van der Waals surface area contributed by atoms with Crippen LogP contribution in [0.2, 0.25) is 10.0 Å². The van der Waals surface area contributed by atoms with Crippen molar-refractivity contribution in [1.82, 2.24) is 5.32 Å². The van der Waals surface area contributed by atoms with Gasteiger partial charge in [-0.15, -0.1) is 0 Å². The van der Waals surface area contributed by atoms with Crippen LogP contribution in [-0.4, -0.2) is 26.6 Å². The molecule has 2 atom stereocenters. The first kappa shape index (κ1) is 22.5. The summed E-state index contributed by atoms with van der Waals surface area (Å²) in [5, 5.41) is 3.42. The lowest BCUT2D eigenvalue weighted by Crippen LogP contribution is -2.48. The number of aryl methyl sites for hydroxylation is 2. The van der Waals surface area contributed by atoms with Crippen molar-refractivity contribution in [2.75, 3.05) is 10.6 Å². The normalized spacial score (nSPS) is 13.7. The first-order valence-electron chi connectivity index (χ1n) is 8.73. The summed E-state index contributed by atoms with van der Waals surface area (Å²) in [6.07, 6.45) is 1.05. The predicted molar refractivity (Wildman–Crippen MR) is 116 cm³/mol. The zero-order valence-electron chi connectivity index (χ0n) is 16.5. The summed E-state index contributed by atoms with van der Waals surface area (Å²) in [4.78, 5) is 12.8. The average molecular weight is 443 g/mol. The molecular formula is C20H24Cl2N2O3S. The number of halogens is 2. The summed E-state index contributed by atoms with van der Waals surface area (Å²) in [5.74, 6) is -0.413. The zero-order valence-corrected chi connectivity index (χ0v) is 18.8. The van der Waals surface area contributed by atoms with Gasteiger partial charge in [-0.3, -0.25) is 9.10 Å². The second-order valence-electron chi connectivity index (χ2n) is 6.92. The Morgan fingerprint density at radius 2 is 1.68 bits per heavy atom. The molecule has 28 heavy (non-hydrogen) atoms. The molecule has 2 aromatic carbocycles. The van der Waals surface area contributed by atoms with Crippen molar-refractivity contribution >= 4 is 44.8 Å². The molecule has 1 N–H and O–H groups in total. The van der Waals surface area contributed by atoms with Gasteiger partial charge < -0.3 is 5.32 Å². The van der Waals surface area contributed by atoms with E-state index in [-0.39, 0.29) is 16.8 Å². The van der Waals surface area contributed by atoms with Gasteiger partial charge in [-0.05, 0) is 57.0 Å². The van der Waals surface area contributed by atoms with E-state index in [9.17, 15) is 13.2 Å². The second-order valence-corrected chi connectivity index (χ2v) is 9.60. The van der Waals surface area contributed by atoms with Crippen LogP contribution in [0.3, 0.4) is 0 Å². The molecule has 0 aliphatic heterocycles. The minimum Gasteiger partial charge on any atom is -0.348 e. The number of amides is 1. The van der Waals surface area contributed by atoms with Crippen LogP contribution in [0.4, 0.5) is 5.69 Å². The lowest BCUT2D eigenvalue weighted by atomic mass is 10.00. The summed E-state index contributed by atoms with van der Waals surface area (Å²) in [6, 6.07) is 9.20. The van der Waals surface area contributed by atoms with Crippen molar-refractivity contribution < 1.29 is 13.2 Å². The van der Waals surface area contributed by atoms with Crippen LogP contribution in [-0.2, 0) is 14.8 Å². The molecule has 0 aliphatic carbocycles. The Kier molecular flexibility index (Phi) is 7.02. The first-order chi connectivity index (χ1) is 12.9. The van der Waals surface area contributed by atoms with Crippen LogP contribution in [0.5, 0.6) is 0 Å². The van der Waals surface area contributed by atoms with Gasteiger partial charge in [0.05, 0.1) is 28.0 Å². The summed E-state index contributed by atoms with van der Waals surface area (Å²) in [6.45, 7) is 7.39. The molecule has 0 radical (unpaired) electrons. The number of nitrogens with one attached hydrogen (secondary N) is 1. The zero-order chi connectivity index (χ0) is 21.2. The summed E-state index contributed by atoms with van der Waals surface area (Å²) in [7, 11) is -3.74. The highest BCUT2D eigenvalue weighted by molar-refractivity contribution is 7.92. The number of carbonyl (C=O) groups excluding carboxylic acids is 1. The number of hydrogen-bond acceptors (Lipinski definition) is 3. The van der Waals surface area contributed by atoms with Gasteiger partial charge in [0.25, 0.3) is 0 Å². The van der Waals surface area contributed by atoms with Crippen molar-refractivity contribution in [1.29, 1.82) is 0 Å². The Bertz CT molecular complexity index is 993. The number of nitrogens with zero attached hydrogens (tertiary/aromatic N) is 1. The maximum atomic E-state index is 12.8. The summed E-state index contributed by atoms with van der Waals surface area (Å²) < 4.78 is 25.8. The lowest BCUT2D eigenvalue weighted by Gasteiger charge is -2.29. The fourth-order valence-electron chi connectivity index (χ4n) is 3.15. The van der Waals surface area contributed by atoms with Gasteiger partial charge in [-0.2, -0.15) is 0 Å². The van der Waals surface area contributed by atoms with Crippen LogP contribution in [0.15, 0.2) is 36.4 Å².